The highest BCUT2D eigenvalue weighted by Gasteiger charge is 2.27. The predicted molar refractivity (Wildman–Crippen MR) is 146 cm³/mol. The van der Waals surface area contributed by atoms with Crippen molar-refractivity contribution in [3.8, 4) is 40.5 Å². The molecule has 3 aromatic rings. The summed E-state index contributed by atoms with van der Waals surface area (Å²) >= 11 is 1.13. The van der Waals surface area contributed by atoms with E-state index in [2.05, 4.69) is 22.4 Å². The Hall–Kier alpha value is -4.41. The van der Waals surface area contributed by atoms with E-state index in [-0.39, 0.29) is 39.5 Å². The lowest BCUT2D eigenvalue weighted by Gasteiger charge is -2.21. The first-order valence-corrected chi connectivity index (χ1v) is 12.7. The molecule has 3 N–H and O–H groups in total. The monoisotopic (exact) mass is 531 g/mol. The summed E-state index contributed by atoms with van der Waals surface area (Å²) < 4.78 is 16.3. The molecule has 0 aliphatic rings. The van der Waals surface area contributed by atoms with Crippen LogP contribution in [0, 0.1) is 22.7 Å². The van der Waals surface area contributed by atoms with Crippen molar-refractivity contribution in [2.24, 2.45) is 0 Å². The van der Waals surface area contributed by atoms with Gasteiger partial charge in [0.05, 0.1) is 38.2 Å². The summed E-state index contributed by atoms with van der Waals surface area (Å²) in [5.41, 5.74) is 8.06. The zero-order chi connectivity index (χ0) is 27.8. The number of amides is 1. The van der Waals surface area contributed by atoms with Gasteiger partial charge >= 0.3 is 0 Å². The van der Waals surface area contributed by atoms with E-state index in [1.807, 2.05) is 44.2 Å². The van der Waals surface area contributed by atoms with Gasteiger partial charge < -0.3 is 25.3 Å². The largest absolute Gasteiger partial charge is 0.493 e. The Bertz CT molecular complexity index is 1370. The SMILES string of the molecule is CC[C@H](Sc1nc(N)c(C#N)c(-c2cc(OC)c(OC)c(OC)c2)c1C#N)C(=O)N[C@@H](C)c1ccccc1. The summed E-state index contributed by atoms with van der Waals surface area (Å²) in [6, 6.07) is 16.9. The van der Waals surface area contributed by atoms with Crippen molar-refractivity contribution in [2.45, 2.75) is 36.6 Å². The molecule has 2 aromatic carbocycles. The van der Waals surface area contributed by atoms with Gasteiger partial charge in [-0.15, -0.1) is 0 Å². The lowest BCUT2D eigenvalue weighted by molar-refractivity contribution is -0.121. The van der Waals surface area contributed by atoms with Crippen LogP contribution >= 0.6 is 11.8 Å². The third kappa shape index (κ3) is 5.77. The van der Waals surface area contributed by atoms with Crippen LogP contribution in [-0.4, -0.2) is 37.5 Å². The van der Waals surface area contributed by atoms with Crippen LogP contribution in [0.15, 0.2) is 47.5 Å². The number of aromatic nitrogens is 1. The van der Waals surface area contributed by atoms with Gasteiger partial charge in [-0.3, -0.25) is 4.79 Å². The maximum Gasteiger partial charge on any atom is 0.234 e. The third-order valence-electron chi connectivity index (χ3n) is 5.94. The average Bonchev–Trinajstić information content (AvgIpc) is 2.94. The summed E-state index contributed by atoms with van der Waals surface area (Å²) in [7, 11) is 4.43. The summed E-state index contributed by atoms with van der Waals surface area (Å²) in [6.45, 7) is 3.79. The normalized spacial score (nSPS) is 12.0. The number of thioether (sulfide) groups is 1. The number of ether oxygens (including phenoxy) is 3. The van der Waals surface area contributed by atoms with Crippen LogP contribution in [0.2, 0.25) is 0 Å². The van der Waals surface area contributed by atoms with Crippen molar-refractivity contribution in [1.82, 2.24) is 10.3 Å². The second-order valence-electron chi connectivity index (χ2n) is 8.22. The molecular weight excluding hydrogens is 502 g/mol. The van der Waals surface area contributed by atoms with E-state index < -0.39 is 5.25 Å². The van der Waals surface area contributed by atoms with Crippen LogP contribution in [0.1, 0.15) is 43.0 Å². The van der Waals surface area contributed by atoms with Crippen molar-refractivity contribution in [3.63, 3.8) is 0 Å². The fourth-order valence-corrected chi connectivity index (χ4v) is 5.01. The Morgan fingerprint density at radius 3 is 2.16 bits per heavy atom. The summed E-state index contributed by atoms with van der Waals surface area (Å²) in [6.07, 6.45) is 0.476. The molecule has 1 amide bonds. The van der Waals surface area contributed by atoms with Crippen molar-refractivity contribution in [3.05, 3.63) is 59.2 Å². The number of methoxy groups -OCH3 is 3. The number of pyridine rings is 1. The number of carbonyl (C=O) groups is 1. The number of nitrogen functional groups attached to an aromatic ring is 1. The Morgan fingerprint density at radius 2 is 1.66 bits per heavy atom. The van der Waals surface area contributed by atoms with Crippen LogP contribution in [0.5, 0.6) is 17.2 Å². The second-order valence-corrected chi connectivity index (χ2v) is 9.41. The summed E-state index contributed by atoms with van der Waals surface area (Å²) in [5.74, 6) is 0.810. The topological polar surface area (TPSA) is 143 Å². The number of benzene rings is 2. The molecule has 1 aromatic heterocycles. The van der Waals surface area contributed by atoms with Gasteiger partial charge in [0.1, 0.15) is 28.5 Å². The maximum absolute atomic E-state index is 13.2. The first kappa shape index (κ1) is 28.2. The lowest BCUT2D eigenvalue weighted by atomic mass is 9.96. The smallest absolute Gasteiger partial charge is 0.234 e. The molecule has 3 rings (SSSR count). The minimum absolute atomic E-state index is 0.0374. The van der Waals surface area contributed by atoms with Crippen molar-refractivity contribution < 1.29 is 19.0 Å². The average molecular weight is 532 g/mol. The Balaban J connectivity index is 2.08. The Labute approximate surface area is 226 Å². The van der Waals surface area contributed by atoms with E-state index in [0.29, 0.717) is 29.2 Å². The number of nitrogens with two attached hydrogens (primary N) is 1. The molecule has 0 bridgehead atoms. The van der Waals surface area contributed by atoms with Crippen LogP contribution in [0.3, 0.4) is 0 Å². The van der Waals surface area contributed by atoms with Crippen LogP contribution in [-0.2, 0) is 4.79 Å². The van der Waals surface area contributed by atoms with Gasteiger partial charge in [0.15, 0.2) is 11.5 Å². The minimum atomic E-state index is -0.555. The van der Waals surface area contributed by atoms with Gasteiger partial charge in [-0.05, 0) is 36.6 Å². The van der Waals surface area contributed by atoms with Crippen molar-refractivity contribution in [2.75, 3.05) is 27.1 Å². The van der Waals surface area contributed by atoms with E-state index in [1.165, 1.54) is 21.3 Å². The minimum Gasteiger partial charge on any atom is -0.493 e. The fraction of sp³-hybridized carbons (Fsp3) is 0.286. The van der Waals surface area contributed by atoms with Gasteiger partial charge in [0.2, 0.25) is 11.7 Å². The van der Waals surface area contributed by atoms with E-state index in [1.54, 1.807) is 12.1 Å². The first-order chi connectivity index (χ1) is 18.3. The van der Waals surface area contributed by atoms with Gasteiger partial charge in [-0.1, -0.05) is 49.0 Å². The number of rotatable bonds is 10. The third-order valence-corrected chi connectivity index (χ3v) is 7.30. The van der Waals surface area contributed by atoms with E-state index in [9.17, 15) is 15.3 Å². The molecule has 0 aliphatic heterocycles. The van der Waals surface area contributed by atoms with Gasteiger partial charge in [0.25, 0.3) is 0 Å². The highest BCUT2D eigenvalue weighted by atomic mass is 32.2. The standard InChI is InChI=1S/C28H29N5O4S/c1-6-23(27(34)32-16(2)17-10-8-7-9-11-17)38-28-20(15-30)24(19(14-29)26(31)33-28)18-12-21(35-3)25(37-5)22(13-18)36-4/h7-13,16,23H,6H2,1-5H3,(H2,31,33)(H,32,34)/t16-,23-/m0/s1. The van der Waals surface area contributed by atoms with Crippen LogP contribution in [0.25, 0.3) is 11.1 Å². The lowest BCUT2D eigenvalue weighted by Crippen LogP contribution is -2.34. The van der Waals surface area contributed by atoms with Crippen molar-refractivity contribution in [1.29, 1.82) is 10.5 Å². The number of hydrogen-bond acceptors (Lipinski definition) is 9. The molecule has 1 heterocycles. The zero-order valence-corrected chi connectivity index (χ0v) is 22.7. The molecule has 0 radical (unpaired) electrons. The Morgan fingerprint density at radius 1 is 1.05 bits per heavy atom. The van der Waals surface area contributed by atoms with E-state index >= 15 is 0 Å². The number of nitriles is 2. The molecule has 196 valence electrons. The number of carbonyl (C=O) groups excluding carboxylic acids is 1. The molecule has 0 saturated carbocycles. The molecule has 0 aliphatic carbocycles. The molecule has 2 atom stereocenters. The van der Waals surface area contributed by atoms with Gasteiger partial charge in [-0.2, -0.15) is 10.5 Å². The molecule has 0 fully saturated rings. The van der Waals surface area contributed by atoms with Crippen LogP contribution in [0.4, 0.5) is 5.82 Å². The highest BCUT2D eigenvalue weighted by molar-refractivity contribution is 8.00. The molecule has 10 heteroatoms. The highest BCUT2D eigenvalue weighted by Crippen LogP contribution is 2.44. The predicted octanol–water partition coefficient (Wildman–Crippen LogP) is 4.85. The molecule has 0 spiro atoms. The molecule has 38 heavy (non-hydrogen) atoms. The van der Waals surface area contributed by atoms with Gasteiger partial charge in [-0.25, -0.2) is 4.98 Å². The summed E-state index contributed by atoms with van der Waals surface area (Å²) in [4.78, 5) is 17.5. The quantitative estimate of drug-likeness (QED) is 0.351. The number of hydrogen-bond donors (Lipinski definition) is 2. The maximum atomic E-state index is 13.2. The molecular formula is C28H29N5O4S. The summed E-state index contributed by atoms with van der Waals surface area (Å²) in [5, 5.41) is 22.8. The first-order valence-electron chi connectivity index (χ1n) is 11.8. The molecule has 9 nitrogen and oxygen atoms in total. The fourth-order valence-electron chi connectivity index (χ4n) is 3.99. The Kier molecular flexibility index (Phi) is 9.42. The zero-order valence-electron chi connectivity index (χ0n) is 21.9. The number of nitrogens with one attached hydrogen (secondary N) is 1. The van der Waals surface area contributed by atoms with E-state index in [4.69, 9.17) is 19.9 Å². The van der Waals surface area contributed by atoms with E-state index in [0.717, 1.165) is 17.3 Å². The van der Waals surface area contributed by atoms with Gasteiger partial charge in [0, 0.05) is 5.56 Å². The number of nitrogens with zero attached hydrogens (tertiary/aromatic N) is 3. The molecule has 0 unspecified atom stereocenters. The number of anilines is 1. The van der Waals surface area contributed by atoms with Crippen LogP contribution < -0.4 is 25.3 Å². The van der Waals surface area contributed by atoms with Crippen molar-refractivity contribution >= 4 is 23.5 Å². The molecule has 0 saturated heterocycles. The second kappa shape index (κ2) is 12.7.